The summed E-state index contributed by atoms with van der Waals surface area (Å²) in [6.45, 7) is 0. The average Bonchev–Trinajstić information content (AvgIpc) is 3.04. The lowest BCUT2D eigenvalue weighted by Crippen LogP contribution is -2.29. The highest BCUT2D eigenvalue weighted by Crippen LogP contribution is 2.51. The van der Waals surface area contributed by atoms with Crippen LogP contribution in [-0.2, 0) is 0 Å². The highest BCUT2D eigenvalue weighted by molar-refractivity contribution is 6.30. The van der Waals surface area contributed by atoms with Crippen molar-refractivity contribution >= 4 is 23.0 Å². The molecule has 2 aromatic rings. The van der Waals surface area contributed by atoms with E-state index in [-0.39, 0.29) is 22.6 Å². The molecule has 0 fully saturated rings. The van der Waals surface area contributed by atoms with Crippen molar-refractivity contribution in [2.45, 2.75) is 18.4 Å². The maximum Gasteiger partial charge on any atom is 0.292 e. The Hall–Kier alpha value is -2.33. The van der Waals surface area contributed by atoms with E-state index in [9.17, 15) is 10.1 Å². The highest BCUT2D eigenvalue weighted by Gasteiger charge is 2.40. The van der Waals surface area contributed by atoms with Gasteiger partial charge in [-0.15, -0.1) is 0 Å². The standard InChI is InChI=1S/C18H15ClN2O2/c19-12-9-7-11(8-10-12)17-14-4-1-3-13(14)15-5-2-6-16(21(22)23)18(15)20-17/h1-3,5-10,13-14,17,20H,4H2/t13-,14-,17-/m0/s1. The van der Waals surface area contributed by atoms with Crippen LogP contribution in [0.2, 0.25) is 5.02 Å². The van der Waals surface area contributed by atoms with Gasteiger partial charge in [0.05, 0.1) is 11.0 Å². The first kappa shape index (κ1) is 14.3. The number of rotatable bonds is 2. The van der Waals surface area contributed by atoms with Crippen molar-refractivity contribution in [1.82, 2.24) is 0 Å². The molecule has 1 aliphatic heterocycles. The highest BCUT2D eigenvalue weighted by atomic mass is 35.5. The number of nitrogens with zero attached hydrogens (tertiary/aromatic N) is 1. The van der Waals surface area contributed by atoms with Crippen molar-refractivity contribution in [3.8, 4) is 0 Å². The Kier molecular flexibility index (Phi) is 3.34. The summed E-state index contributed by atoms with van der Waals surface area (Å²) in [4.78, 5) is 11.1. The van der Waals surface area contributed by atoms with Crippen LogP contribution in [0.3, 0.4) is 0 Å². The Morgan fingerprint density at radius 1 is 1.17 bits per heavy atom. The van der Waals surface area contributed by atoms with E-state index >= 15 is 0 Å². The number of fused-ring (bicyclic) bond motifs is 3. The van der Waals surface area contributed by atoms with Gasteiger partial charge in [0.15, 0.2) is 0 Å². The lowest BCUT2D eigenvalue weighted by Gasteiger charge is -2.37. The van der Waals surface area contributed by atoms with Gasteiger partial charge in [0, 0.05) is 17.0 Å². The zero-order valence-corrected chi connectivity index (χ0v) is 13.0. The normalized spacial score (nSPS) is 24.7. The van der Waals surface area contributed by atoms with Gasteiger partial charge in [-0.3, -0.25) is 10.1 Å². The second-order valence-electron chi connectivity index (χ2n) is 6.03. The molecule has 1 aliphatic carbocycles. The zero-order chi connectivity index (χ0) is 16.0. The minimum atomic E-state index is -0.316. The van der Waals surface area contributed by atoms with Gasteiger partial charge in [0.1, 0.15) is 5.69 Å². The van der Waals surface area contributed by atoms with Crippen molar-refractivity contribution in [1.29, 1.82) is 0 Å². The smallest absolute Gasteiger partial charge is 0.292 e. The molecule has 0 unspecified atom stereocenters. The zero-order valence-electron chi connectivity index (χ0n) is 12.3. The molecule has 0 saturated heterocycles. The molecule has 4 nitrogen and oxygen atoms in total. The Balaban J connectivity index is 1.83. The summed E-state index contributed by atoms with van der Waals surface area (Å²) in [6.07, 6.45) is 5.32. The average molecular weight is 327 g/mol. The minimum Gasteiger partial charge on any atom is -0.372 e. The van der Waals surface area contributed by atoms with E-state index in [1.165, 1.54) is 0 Å². The van der Waals surface area contributed by atoms with Crippen LogP contribution in [0.5, 0.6) is 0 Å². The van der Waals surface area contributed by atoms with Crippen LogP contribution in [0.15, 0.2) is 54.6 Å². The Labute approximate surface area is 138 Å². The molecule has 0 saturated carbocycles. The molecule has 2 aliphatic rings. The fourth-order valence-corrected chi connectivity index (χ4v) is 3.88. The second-order valence-corrected chi connectivity index (χ2v) is 6.46. The van der Waals surface area contributed by atoms with E-state index in [0.29, 0.717) is 16.6 Å². The molecule has 1 N–H and O–H groups in total. The predicted octanol–water partition coefficient (Wildman–Crippen LogP) is 5.07. The summed E-state index contributed by atoms with van der Waals surface area (Å²) >= 11 is 5.99. The number of anilines is 1. The molecule has 2 aromatic carbocycles. The maximum absolute atomic E-state index is 11.4. The molecule has 0 aromatic heterocycles. The van der Waals surface area contributed by atoms with Crippen molar-refractivity contribution < 1.29 is 4.92 Å². The number of nitro groups is 1. The summed E-state index contributed by atoms with van der Waals surface area (Å²) in [5, 5.41) is 15.5. The van der Waals surface area contributed by atoms with Gasteiger partial charge in [0.25, 0.3) is 5.69 Å². The summed E-state index contributed by atoms with van der Waals surface area (Å²) in [5.74, 6) is 0.581. The first-order chi connectivity index (χ1) is 11.1. The molecule has 116 valence electrons. The molecule has 0 amide bonds. The van der Waals surface area contributed by atoms with E-state index in [4.69, 9.17) is 11.6 Å². The van der Waals surface area contributed by atoms with Crippen LogP contribution in [-0.4, -0.2) is 4.92 Å². The van der Waals surface area contributed by atoms with Gasteiger partial charge in [-0.2, -0.15) is 0 Å². The number of nitro benzene ring substituents is 1. The number of halogens is 1. The molecule has 1 heterocycles. The van der Waals surface area contributed by atoms with Crippen molar-refractivity contribution in [2.24, 2.45) is 5.92 Å². The van der Waals surface area contributed by atoms with Gasteiger partial charge < -0.3 is 5.32 Å². The largest absolute Gasteiger partial charge is 0.372 e. The molecular formula is C18H15ClN2O2. The molecule has 3 atom stereocenters. The van der Waals surface area contributed by atoms with Gasteiger partial charge in [-0.05, 0) is 35.6 Å². The first-order valence-corrected chi connectivity index (χ1v) is 7.99. The molecular weight excluding hydrogens is 312 g/mol. The number of nitrogens with one attached hydrogen (secondary N) is 1. The number of allylic oxidation sites excluding steroid dienone is 2. The molecule has 0 bridgehead atoms. The summed E-state index contributed by atoms with van der Waals surface area (Å²) in [5.41, 5.74) is 2.91. The van der Waals surface area contributed by atoms with Crippen molar-refractivity contribution in [3.63, 3.8) is 0 Å². The van der Waals surface area contributed by atoms with Crippen molar-refractivity contribution in [3.05, 3.63) is 80.9 Å². The van der Waals surface area contributed by atoms with Gasteiger partial charge in [-0.1, -0.05) is 48.0 Å². The third kappa shape index (κ3) is 2.30. The third-order valence-corrected chi connectivity index (χ3v) is 5.05. The van der Waals surface area contributed by atoms with Gasteiger partial charge >= 0.3 is 0 Å². The Morgan fingerprint density at radius 2 is 1.96 bits per heavy atom. The van der Waals surface area contributed by atoms with E-state index in [1.54, 1.807) is 12.1 Å². The maximum atomic E-state index is 11.4. The summed E-state index contributed by atoms with van der Waals surface area (Å²) in [7, 11) is 0. The van der Waals surface area contributed by atoms with E-state index in [0.717, 1.165) is 17.5 Å². The monoisotopic (exact) mass is 326 g/mol. The molecule has 4 rings (SSSR count). The first-order valence-electron chi connectivity index (χ1n) is 7.61. The molecule has 23 heavy (non-hydrogen) atoms. The predicted molar refractivity (Wildman–Crippen MR) is 90.9 cm³/mol. The Bertz CT molecular complexity index is 801. The van der Waals surface area contributed by atoms with Crippen LogP contribution in [0.25, 0.3) is 0 Å². The minimum absolute atomic E-state index is 0.0425. The van der Waals surface area contributed by atoms with Crippen LogP contribution in [0, 0.1) is 16.0 Å². The lowest BCUT2D eigenvalue weighted by atomic mass is 9.77. The number of hydrogen-bond donors (Lipinski definition) is 1. The molecule has 0 radical (unpaired) electrons. The van der Waals surface area contributed by atoms with Crippen LogP contribution in [0.4, 0.5) is 11.4 Å². The van der Waals surface area contributed by atoms with E-state index < -0.39 is 0 Å². The number of benzene rings is 2. The van der Waals surface area contributed by atoms with E-state index in [2.05, 4.69) is 17.5 Å². The SMILES string of the molecule is O=[N+]([O-])c1cccc2c1N[C@@H](c1ccc(Cl)cc1)[C@H]1CC=C[C@H]21. The van der Waals surface area contributed by atoms with Crippen LogP contribution >= 0.6 is 11.6 Å². The fraction of sp³-hybridized carbons (Fsp3) is 0.222. The van der Waals surface area contributed by atoms with Gasteiger partial charge in [-0.25, -0.2) is 0 Å². The third-order valence-electron chi connectivity index (χ3n) is 4.80. The second kappa shape index (κ2) is 5.39. The topological polar surface area (TPSA) is 55.2 Å². The quantitative estimate of drug-likeness (QED) is 0.476. The summed E-state index contributed by atoms with van der Waals surface area (Å²) < 4.78 is 0. The van der Waals surface area contributed by atoms with E-state index in [1.807, 2.05) is 30.3 Å². The Morgan fingerprint density at radius 3 is 2.70 bits per heavy atom. The fourth-order valence-electron chi connectivity index (χ4n) is 3.76. The number of hydrogen-bond acceptors (Lipinski definition) is 3. The van der Waals surface area contributed by atoms with Crippen molar-refractivity contribution in [2.75, 3.05) is 5.32 Å². The molecule has 5 heteroatoms. The lowest BCUT2D eigenvalue weighted by molar-refractivity contribution is -0.384. The summed E-state index contributed by atoms with van der Waals surface area (Å²) in [6, 6.07) is 13.1. The van der Waals surface area contributed by atoms with Gasteiger partial charge in [0.2, 0.25) is 0 Å². The molecule has 0 spiro atoms. The van der Waals surface area contributed by atoms with Crippen LogP contribution in [0.1, 0.15) is 29.5 Å². The van der Waals surface area contributed by atoms with Crippen LogP contribution < -0.4 is 5.32 Å². The number of para-hydroxylation sites is 1.